The van der Waals surface area contributed by atoms with E-state index in [1.54, 1.807) is 6.92 Å². The Labute approximate surface area is 199 Å². The summed E-state index contributed by atoms with van der Waals surface area (Å²) < 4.78 is 10.7. The molecule has 9 heteroatoms. The van der Waals surface area contributed by atoms with Gasteiger partial charge in [0.1, 0.15) is 11.8 Å². The lowest BCUT2D eigenvalue weighted by Gasteiger charge is -2.30. The number of methoxy groups -OCH3 is 1. The third-order valence-corrected chi connectivity index (χ3v) is 6.18. The number of benzene rings is 2. The molecule has 1 aliphatic rings. The van der Waals surface area contributed by atoms with Crippen LogP contribution in [0.25, 0.3) is 0 Å². The molecule has 2 amide bonds. The Morgan fingerprint density at radius 1 is 1.21 bits per heavy atom. The monoisotopic (exact) mass is 469 g/mol. The second-order valence-electron chi connectivity index (χ2n) is 8.49. The first-order valence-corrected chi connectivity index (χ1v) is 11.4. The van der Waals surface area contributed by atoms with Crippen LogP contribution >= 0.6 is 0 Å². The molecule has 3 rings (SSSR count). The summed E-state index contributed by atoms with van der Waals surface area (Å²) in [5.41, 5.74) is 1.76. The minimum absolute atomic E-state index is 0.0380. The van der Waals surface area contributed by atoms with Crippen LogP contribution in [0.4, 0.5) is 5.69 Å². The summed E-state index contributed by atoms with van der Waals surface area (Å²) in [5, 5.41) is 14.2. The molecule has 2 aromatic carbocycles. The summed E-state index contributed by atoms with van der Waals surface area (Å²) in [5.74, 6) is -0.258. The number of nitro benzene ring substituents is 1. The van der Waals surface area contributed by atoms with E-state index in [0.717, 1.165) is 36.8 Å². The quantitative estimate of drug-likeness (QED) is 0.419. The number of hydrogen-bond acceptors (Lipinski definition) is 6. The highest BCUT2D eigenvalue weighted by atomic mass is 16.6. The number of rotatable bonds is 10. The van der Waals surface area contributed by atoms with E-state index in [0.29, 0.717) is 0 Å². The Morgan fingerprint density at radius 3 is 2.56 bits per heavy atom. The molecule has 2 aromatic rings. The maximum atomic E-state index is 13.2. The van der Waals surface area contributed by atoms with Crippen molar-refractivity contribution in [2.24, 2.45) is 0 Å². The number of carbonyl (C=O) groups excluding carboxylic acids is 2. The van der Waals surface area contributed by atoms with E-state index in [9.17, 15) is 19.7 Å². The molecular weight excluding hydrogens is 438 g/mol. The number of nitro groups is 1. The van der Waals surface area contributed by atoms with Crippen molar-refractivity contribution in [3.8, 4) is 11.5 Å². The number of carbonyl (C=O) groups is 2. The van der Waals surface area contributed by atoms with Gasteiger partial charge in [-0.25, -0.2) is 0 Å². The van der Waals surface area contributed by atoms with Crippen molar-refractivity contribution in [2.75, 3.05) is 13.7 Å². The number of nitrogens with one attached hydrogen (secondary N) is 1. The highest BCUT2D eigenvalue weighted by Crippen LogP contribution is 2.30. The van der Waals surface area contributed by atoms with Crippen LogP contribution in [-0.2, 0) is 16.1 Å². The highest BCUT2D eigenvalue weighted by Gasteiger charge is 2.29. The van der Waals surface area contributed by atoms with Crippen LogP contribution in [0.15, 0.2) is 42.5 Å². The van der Waals surface area contributed by atoms with Crippen LogP contribution in [-0.4, -0.2) is 47.4 Å². The van der Waals surface area contributed by atoms with Crippen molar-refractivity contribution in [3.63, 3.8) is 0 Å². The van der Waals surface area contributed by atoms with Gasteiger partial charge in [0.2, 0.25) is 11.7 Å². The molecule has 182 valence electrons. The van der Waals surface area contributed by atoms with Gasteiger partial charge in [0.05, 0.1) is 12.0 Å². The zero-order chi connectivity index (χ0) is 24.7. The minimum Gasteiger partial charge on any atom is -0.490 e. The molecule has 1 saturated carbocycles. The van der Waals surface area contributed by atoms with Crippen LogP contribution in [0, 0.1) is 17.0 Å². The Morgan fingerprint density at radius 2 is 1.91 bits per heavy atom. The molecule has 0 unspecified atom stereocenters. The van der Waals surface area contributed by atoms with Crippen LogP contribution in [0.3, 0.4) is 0 Å². The smallest absolute Gasteiger partial charge is 0.311 e. The third-order valence-electron chi connectivity index (χ3n) is 6.18. The van der Waals surface area contributed by atoms with Gasteiger partial charge in [0, 0.05) is 24.7 Å². The van der Waals surface area contributed by atoms with Crippen molar-refractivity contribution in [1.29, 1.82) is 0 Å². The molecule has 0 bridgehead atoms. The summed E-state index contributed by atoms with van der Waals surface area (Å²) in [6.07, 6.45) is 4.10. The molecule has 0 saturated heterocycles. The fourth-order valence-corrected chi connectivity index (χ4v) is 4.07. The van der Waals surface area contributed by atoms with Gasteiger partial charge >= 0.3 is 5.69 Å². The number of aryl methyl sites for hydroxylation is 1. The molecule has 0 heterocycles. The van der Waals surface area contributed by atoms with Gasteiger partial charge in [-0.05, 0) is 43.9 Å². The van der Waals surface area contributed by atoms with Crippen molar-refractivity contribution >= 4 is 17.5 Å². The maximum Gasteiger partial charge on any atom is 0.311 e. The number of ether oxygens (including phenoxy) is 2. The Bertz CT molecular complexity index is 1040. The zero-order valence-corrected chi connectivity index (χ0v) is 19.8. The fraction of sp³-hybridized carbons (Fsp3) is 0.440. The van der Waals surface area contributed by atoms with E-state index >= 15 is 0 Å². The summed E-state index contributed by atoms with van der Waals surface area (Å²) in [4.78, 5) is 38.2. The molecule has 1 atom stereocenters. The summed E-state index contributed by atoms with van der Waals surface area (Å²) >= 11 is 0. The average molecular weight is 470 g/mol. The zero-order valence-electron chi connectivity index (χ0n) is 19.8. The van der Waals surface area contributed by atoms with Crippen LogP contribution in [0.1, 0.15) is 43.7 Å². The number of amides is 2. The largest absolute Gasteiger partial charge is 0.490 e. The third kappa shape index (κ3) is 6.24. The highest BCUT2D eigenvalue weighted by molar-refractivity contribution is 5.88. The lowest BCUT2D eigenvalue weighted by atomic mass is 10.1. The molecule has 0 radical (unpaired) electrons. The lowest BCUT2D eigenvalue weighted by Crippen LogP contribution is -2.50. The van der Waals surface area contributed by atoms with E-state index in [-0.39, 0.29) is 48.2 Å². The van der Waals surface area contributed by atoms with Gasteiger partial charge < -0.3 is 19.7 Å². The molecule has 1 fully saturated rings. The molecule has 0 aliphatic heterocycles. The summed E-state index contributed by atoms with van der Waals surface area (Å²) in [7, 11) is 1.33. The van der Waals surface area contributed by atoms with Gasteiger partial charge in [-0.1, -0.05) is 37.1 Å². The molecule has 1 aliphatic carbocycles. The van der Waals surface area contributed by atoms with E-state index < -0.39 is 11.0 Å². The Kier molecular flexibility index (Phi) is 8.45. The van der Waals surface area contributed by atoms with Crippen LogP contribution in [0.5, 0.6) is 11.5 Å². The number of nitrogens with zero attached hydrogens (tertiary/aromatic N) is 2. The molecule has 34 heavy (non-hydrogen) atoms. The van der Waals surface area contributed by atoms with Gasteiger partial charge in [0.15, 0.2) is 6.61 Å². The molecular formula is C25H31N3O6. The van der Waals surface area contributed by atoms with Crippen LogP contribution in [0.2, 0.25) is 0 Å². The predicted octanol–water partition coefficient (Wildman–Crippen LogP) is 3.77. The van der Waals surface area contributed by atoms with Crippen molar-refractivity contribution < 1.29 is 24.0 Å². The van der Waals surface area contributed by atoms with Gasteiger partial charge in [-0.2, -0.15) is 0 Å². The molecule has 9 nitrogen and oxygen atoms in total. The normalized spacial score (nSPS) is 14.3. The van der Waals surface area contributed by atoms with Gasteiger partial charge in [-0.3, -0.25) is 19.7 Å². The average Bonchev–Trinajstić information content (AvgIpc) is 3.34. The molecule has 0 aromatic heterocycles. The topological polar surface area (TPSA) is 111 Å². The lowest BCUT2D eigenvalue weighted by molar-refractivity contribution is -0.385. The van der Waals surface area contributed by atoms with Crippen molar-refractivity contribution in [3.05, 3.63) is 63.7 Å². The van der Waals surface area contributed by atoms with Gasteiger partial charge in [-0.15, -0.1) is 0 Å². The van der Waals surface area contributed by atoms with E-state index in [1.165, 1.54) is 30.2 Å². The fourth-order valence-electron chi connectivity index (χ4n) is 4.07. The second-order valence-corrected chi connectivity index (χ2v) is 8.49. The van der Waals surface area contributed by atoms with E-state index in [2.05, 4.69) is 5.32 Å². The van der Waals surface area contributed by atoms with Crippen LogP contribution < -0.4 is 14.8 Å². The Balaban J connectivity index is 1.75. The van der Waals surface area contributed by atoms with Crippen molar-refractivity contribution in [2.45, 2.75) is 58.2 Å². The van der Waals surface area contributed by atoms with Gasteiger partial charge in [0.25, 0.3) is 5.91 Å². The SMILES string of the molecule is COc1cc(OCC(=O)N(Cc2ccccc2C)[C@@H](C)C(=O)NC2CCCC2)ccc1[N+](=O)[O-]. The first-order chi connectivity index (χ1) is 16.3. The standard InChI is InChI=1S/C25H31N3O6/c1-17-8-4-5-9-19(17)15-27(18(2)25(30)26-20-10-6-7-11-20)24(29)16-34-21-12-13-22(28(31)32)23(14-21)33-3/h4-5,8-9,12-14,18,20H,6-7,10-11,15-16H2,1-3H3,(H,26,30)/t18-/m0/s1. The van der Waals surface area contributed by atoms with E-state index in [1.807, 2.05) is 31.2 Å². The summed E-state index contributed by atoms with van der Waals surface area (Å²) in [6, 6.07) is 11.2. The molecule has 0 spiro atoms. The predicted molar refractivity (Wildman–Crippen MR) is 127 cm³/mol. The maximum absolute atomic E-state index is 13.2. The summed E-state index contributed by atoms with van der Waals surface area (Å²) in [6.45, 7) is 3.61. The van der Waals surface area contributed by atoms with Crippen molar-refractivity contribution in [1.82, 2.24) is 10.2 Å². The first kappa shape index (κ1) is 25.0. The Hall–Kier alpha value is -3.62. The number of hydrogen-bond donors (Lipinski definition) is 1. The first-order valence-electron chi connectivity index (χ1n) is 11.4. The van der Waals surface area contributed by atoms with E-state index in [4.69, 9.17) is 9.47 Å². The minimum atomic E-state index is -0.692. The molecule has 1 N–H and O–H groups in total. The second kappa shape index (κ2) is 11.5.